The van der Waals surface area contributed by atoms with Crippen LogP contribution in [0, 0.1) is 6.92 Å². The minimum absolute atomic E-state index is 0.156. The summed E-state index contributed by atoms with van der Waals surface area (Å²) >= 11 is 4.55. The number of benzene rings is 1. The van der Waals surface area contributed by atoms with Crippen molar-refractivity contribution in [3.8, 4) is 11.5 Å². The molecule has 0 aliphatic heterocycles. The Morgan fingerprint density at radius 3 is 2.67 bits per heavy atom. The molecule has 18 heavy (non-hydrogen) atoms. The lowest BCUT2D eigenvalue weighted by Gasteiger charge is -2.11. The van der Waals surface area contributed by atoms with Crippen LogP contribution in [0.25, 0.3) is 0 Å². The molecule has 0 N–H and O–H groups in total. The molecule has 0 fully saturated rings. The molecule has 0 spiro atoms. The molecule has 0 saturated heterocycles. The fourth-order valence-corrected chi connectivity index (χ4v) is 1.40. The monoisotopic (exact) mass is 267 g/mol. The van der Waals surface area contributed by atoms with Gasteiger partial charge in [-0.05, 0) is 30.8 Å². The molecule has 0 radical (unpaired) electrons. The summed E-state index contributed by atoms with van der Waals surface area (Å²) in [6, 6.07) is 3.38. The number of nitrogens with zero attached hydrogens (tertiary/aromatic N) is 1. The summed E-state index contributed by atoms with van der Waals surface area (Å²) in [5.74, 6) is 0.577. The number of carbonyl (C=O) groups excluding carboxylic acids is 1. The van der Waals surface area contributed by atoms with E-state index < -0.39 is 5.97 Å². The van der Waals surface area contributed by atoms with Gasteiger partial charge >= 0.3 is 5.97 Å². The quantitative estimate of drug-likeness (QED) is 0.465. The summed E-state index contributed by atoms with van der Waals surface area (Å²) in [5.41, 5.74) is 1.37. The van der Waals surface area contributed by atoms with Crippen molar-refractivity contribution in [2.24, 2.45) is 4.99 Å². The number of isothiocyanates is 1. The van der Waals surface area contributed by atoms with Crippen LogP contribution in [0.2, 0.25) is 0 Å². The van der Waals surface area contributed by atoms with Gasteiger partial charge in [0.05, 0.1) is 19.4 Å². The predicted octanol–water partition coefficient (Wildman–Crippen LogP) is 2.29. The third-order valence-electron chi connectivity index (χ3n) is 2.22. The van der Waals surface area contributed by atoms with E-state index in [1.807, 2.05) is 6.92 Å². The van der Waals surface area contributed by atoms with Crippen molar-refractivity contribution in [3.63, 3.8) is 0 Å². The van der Waals surface area contributed by atoms with E-state index in [1.165, 1.54) is 14.2 Å². The minimum atomic E-state index is -0.450. The number of aryl methyl sites for hydroxylation is 1. The summed E-state index contributed by atoms with van der Waals surface area (Å²) in [5, 5.41) is 2.28. The van der Waals surface area contributed by atoms with Crippen molar-refractivity contribution >= 4 is 29.0 Å². The van der Waals surface area contributed by atoms with E-state index in [1.54, 1.807) is 12.1 Å². The molecule has 1 aromatic carbocycles. The highest BCUT2D eigenvalue weighted by molar-refractivity contribution is 7.78. The SMILES string of the molecule is COC(=O)COc1cc(OC)c(N=C=S)cc1C. The van der Waals surface area contributed by atoms with Crippen molar-refractivity contribution in [3.05, 3.63) is 17.7 Å². The first kappa shape index (κ1) is 14.2. The summed E-state index contributed by atoms with van der Waals surface area (Å²) in [6.07, 6.45) is 0. The van der Waals surface area contributed by atoms with Crippen LogP contribution in [-0.4, -0.2) is 32.0 Å². The molecule has 0 aromatic heterocycles. The minimum Gasteiger partial charge on any atom is -0.494 e. The normalized spacial score (nSPS) is 9.28. The molecule has 0 aliphatic carbocycles. The van der Waals surface area contributed by atoms with Crippen LogP contribution in [0.5, 0.6) is 11.5 Å². The molecular formula is C12H13NO4S. The smallest absolute Gasteiger partial charge is 0.343 e. The van der Waals surface area contributed by atoms with E-state index in [0.29, 0.717) is 17.2 Å². The number of aliphatic imine (C=N–C) groups is 1. The highest BCUT2D eigenvalue weighted by Crippen LogP contribution is 2.34. The van der Waals surface area contributed by atoms with E-state index in [-0.39, 0.29) is 6.61 Å². The van der Waals surface area contributed by atoms with Crippen molar-refractivity contribution in [1.29, 1.82) is 0 Å². The molecule has 1 rings (SSSR count). The number of hydrogen-bond acceptors (Lipinski definition) is 6. The van der Waals surface area contributed by atoms with Gasteiger partial charge in [0.15, 0.2) is 6.61 Å². The van der Waals surface area contributed by atoms with Gasteiger partial charge < -0.3 is 14.2 Å². The number of carbonyl (C=O) groups is 1. The summed E-state index contributed by atoms with van der Waals surface area (Å²) in [7, 11) is 2.81. The van der Waals surface area contributed by atoms with Gasteiger partial charge in [-0.3, -0.25) is 0 Å². The molecule has 0 amide bonds. The van der Waals surface area contributed by atoms with Gasteiger partial charge in [0, 0.05) is 6.07 Å². The average molecular weight is 267 g/mol. The zero-order valence-electron chi connectivity index (χ0n) is 10.4. The Morgan fingerprint density at radius 1 is 1.39 bits per heavy atom. The Hall–Kier alpha value is -1.91. The first-order valence-electron chi connectivity index (χ1n) is 5.08. The second-order valence-corrected chi connectivity index (χ2v) is 3.54. The van der Waals surface area contributed by atoms with Crippen molar-refractivity contribution in [2.45, 2.75) is 6.92 Å². The maximum atomic E-state index is 11.0. The Morgan fingerprint density at radius 2 is 2.11 bits per heavy atom. The second kappa shape index (κ2) is 6.74. The molecule has 0 saturated carbocycles. The maximum absolute atomic E-state index is 11.0. The number of thiocarbonyl (C=S) groups is 1. The Labute approximate surface area is 110 Å². The van der Waals surface area contributed by atoms with Crippen LogP contribution in [0.15, 0.2) is 17.1 Å². The lowest BCUT2D eigenvalue weighted by molar-refractivity contribution is -0.142. The van der Waals surface area contributed by atoms with Crippen LogP contribution in [0.4, 0.5) is 5.69 Å². The Kier molecular flexibility index (Phi) is 5.30. The molecule has 6 heteroatoms. The van der Waals surface area contributed by atoms with Crippen molar-refractivity contribution in [1.82, 2.24) is 0 Å². The van der Waals surface area contributed by atoms with Crippen molar-refractivity contribution < 1.29 is 19.0 Å². The Bertz CT molecular complexity index is 495. The molecular weight excluding hydrogens is 254 g/mol. The van der Waals surface area contributed by atoms with Gasteiger partial charge in [-0.25, -0.2) is 4.79 Å². The highest BCUT2D eigenvalue weighted by Gasteiger charge is 2.10. The number of hydrogen-bond donors (Lipinski definition) is 0. The third kappa shape index (κ3) is 3.55. The number of methoxy groups -OCH3 is 2. The first-order valence-corrected chi connectivity index (χ1v) is 5.49. The fraction of sp³-hybridized carbons (Fsp3) is 0.333. The molecule has 0 bridgehead atoms. The van der Waals surface area contributed by atoms with Gasteiger partial charge in [-0.1, -0.05) is 0 Å². The zero-order chi connectivity index (χ0) is 13.5. The summed E-state index contributed by atoms with van der Waals surface area (Å²) in [6.45, 7) is 1.67. The lowest BCUT2D eigenvalue weighted by atomic mass is 10.2. The molecule has 1 aromatic rings. The van der Waals surface area contributed by atoms with Gasteiger partial charge in [0.2, 0.25) is 0 Å². The van der Waals surface area contributed by atoms with E-state index in [4.69, 9.17) is 9.47 Å². The number of ether oxygens (including phenoxy) is 3. The molecule has 0 heterocycles. The van der Waals surface area contributed by atoms with Crippen molar-refractivity contribution in [2.75, 3.05) is 20.8 Å². The van der Waals surface area contributed by atoms with Gasteiger partial charge in [-0.2, -0.15) is 4.99 Å². The molecule has 0 atom stereocenters. The van der Waals surface area contributed by atoms with Crippen LogP contribution in [0.1, 0.15) is 5.56 Å². The van der Waals surface area contributed by atoms with Crippen LogP contribution < -0.4 is 9.47 Å². The standard InChI is InChI=1S/C12H13NO4S/c1-8-4-9(13-7-18)11(15-2)5-10(8)17-6-12(14)16-3/h4-5H,6H2,1-3H3. The summed E-state index contributed by atoms with van der Waals surface area (Å²) < 4.78 is 15.0. The van der Waals surface area contributed by atoms with E-state index in [2.05, 4.69) is 27.1 Å². The van der Waals surface area contributed by atoms with E-state index in [9.17, 15) is 4.79 Å². The number of rotatable bonds is 5. The largest absolute Gasteiger partial charge is 0.494 e. The average Bonchev–Trinajstić information content (AvgIpc) is 2.37. The summed E-state index contributed by atoms with van der Waals surface area (Å²) in [4.78, 5) is 14.9. The second-order valence-electron chi connectivity index (χ2n) is 3.36. The highest BCUT2D eigenvalue weighted by atomic mass is 32.1. The molecule has 0 aliphatic rings. The molecule has 5 nitrogen and oxygen atoms in total. The first-order chi connectivity index (χ1) is 8.62. The lowest BCUT2D eigenvalue weighted by Crippen LogP contribution is -2.13. The molecule has 96 valence electrons. The van der Waals surface area contributed by atoms with E-state index >= 15 is 0 Å². The Balaban J connectivity index is 2.99. The fourth-order valence-electron chi connectivity index (χ4n) is 1.31. The van der Waals surface area contributed by atoms with Gasteiger partial charge in [0.25, 0.3) is 0 Å². The van der Waals surface area contributed by atoms with Crippen LogP contribution >= 0.6 is 12.2 Å². The number of esters is 1. The molecule has 0 unspecified atom stereocenters. The zero-order valence-corrected chi connectivity index (χ0v) is 11.2. The maximum Gasteiger partial charge on any atom is 0.343 e. The van der Waals surface area contributed by atoms with Crippen LogP contribution in [0.3, 0.4) is 0 Å². The predicted molar refractivity (Wildman–Crippen MR) is 69.9 cm³/mol. The van der Waals surface area contributed by atoms with E-state index in [0.717, 1.165) is 5.56 Å². The van der Waals surface area contributed by atoms with Gasteiger partial charge in [0.1, 0.15) is 17.2 Å². The van der Waals surface area contributed by atoms with Gasteiger partial charge in [-0.15, -0.1) is 0 Å². The van der Waals surface area contributed by atoms with Crippen LogP contribution in [-0.2, 0) is 9.53 Å². The third-order valence-corrected chi connectivity index (χ3v) is 2.31. The topological polar surface area (TPSA) is 57.1 Å².